The smallest absolute Gasteiger partial charge is 0.137 e. The Bertz CT molecular complexity index is 644. The summed E-state index contributed by atoms with van der Waals surface area (Å²) < 4.78 is 4.20. The molecule has 4 heterocycles. The highest BCUT2D eigenvalue weighted by Gasteiger charge is 2.23. The van der Waals surface area contributed by atoms with Crippen molar-refractivity contribution in [1.82, 2.24) is 29.2 Å². The van der Waals surface area contributed by atoms with Gasteiger partial charge in [0.1, 0.15) is 18.5 Å². The minimum absolute atomic E-state index is 0.497. The summed E-state index contributed by atoms with van der Waals surface area (Å²) in [5.74, 6) is 1.65. The van der Waals surface area contributed by atoms with Crippen LogP contribution < -0.4 is 0 Å². The van der Waals surface area contributed by atoms with Gasteiger partial charge in [-0.2, -0.15) is 5.10 Å². The van der Waals surface area contributed by atoms with Gasteiger partial charge in [0, 0.05) is 49.4 Å². The average Bonchev–Trinajstić information content (AvgIpc) is 3.22. The first-order chi connectivity index (χ1) is 10.9. The Labute approximate surface area is 133 Å². The molecule has 0 radical (unpaired) electrons. The van der Waals surface area contributed by atoms with Crippen molar-refractivity contribution in [3.05, 3.63) is 53.3 Å². The molecule has 0 fully saturated rings. The summed E-state index contributed by atoms with van der Waals surface area (Å²) in [6, 6.07) is 4.32. The van der Waals surface area contributed by atoms with Crippen LogP contribution in [0.1, 0.15) is 10.7 Å². The first kappa shape index (κ1) is 13.7. The fraction of sp³-hybridized carbons (Fsp3) is 0.400. The van der Waals surface area contributed by atoms with E-state index in [2.05, 4.69) is 48.2 Å². The van der Waals surface area contributed by atoms with Crippen molar-refractivity contribution in [2.45, 2.75) is 26.2 Å². The molecule has 22 heavy (non-hydrogen) atoms. The van der Waals surface area contributed by atoms with E-state index in [0.717, 1.165) is 38.5 Å². The van der Waals surface area contributed by atoms with Gasteiger partial charge in [0.25, 0.3) is 0 Å². The van der Waals surface area contributed by atoms with Crippen LogP contribution in [0.3, 0.4) is 0 Å². The third-order valence-electron chi connectivity index (χ3n) is 4.01. The number of rotatable bonds is 4. The monoisotopic (exact) mass is 314 g/mol. The molecule has 1 aliphatic heterocycles. The quantitative estimate of drug-likeness (QED) is 0.738. The zero-order valence-electron chi connectivity index (χ0n) is 12.2. The fourth-order valence-corrected chi connectivity index (χ4v) is 3.82. The Balaban J connectivity index is 1.54. The predicted octanol–water partition coefficient (Wildman–Crippen LogP) is 1.87. The van der Waals surface area contributed by atoms with Gasteiger partial charge in [-0.1, -0.05) is 6.07 Å². The molecule has 0 amide bonds. The van der Waals surface area contributed by atoms with Gasteiger partial charge in [0.15, 0.2) is 0 Å². The van der Waals surface area contributed by atoms with Crippen LogP contribution in [-0.2, 0) is 26.2 Å². The van der Waals surface area contributed by atoms with Crippen LogP contribution in [0.5, 0.6) is 0 Å². The standard InChI is InChI=1S/C15H18N6S/c1-2-14(22-5-1)9-19-6-13(8-21-12-16-11-18-21)7-20-4-3-17-15(20)10-19/h1-5,11-13H,6-10H2/t13-/m1/s1. The van der Waals surface area contributed by atoms with E-state index < -0.39 is 0 Å². The third-order valence-corrected chi connectivity index (χ3v) is 4.87. The van der Waals surface area contributed by atoms with E-state index in [4.69, 9.17) is 0 Å². The van der Waals surface area contributed by atoms with Crippen LogP contribution in [0.4, 0.5) is 0 Å². The maximum absolute atomic E-state index is 4.52. The van der Waals surface area contributed by atoms with Crippen LogP contribution in [-0.4, -0.2) is 35.8 Å². The van der Waals surface area contributed by atoms with Crippen molar-refractivity contribution >= 4 is 11.3 Å². The molecule has 0 unspecified atom stereocenters. The molecule has 3 aromatic rings. The summed E-state index contributed by atoms with van der Waals surface area (Å²) >= 11 is 1.82. The summed E-state index contributed by atoms with van der Waals surface area (Å²) in [7, 11) is 0. The second-order valence-corrected chi connectivity index (χ2v) is 6.76. The maximum Gasteiger partial charge on any atom is 0.137 e. The first-order valence-electron chi connectivity index (χ1n) is 7.44. The van der Waals surface area contributed by atoms with Gasteiger partial charge in [-0.3, -0.25) is 9.58 Å². The van der Waals surface area contributed by atoms with Crippen LogP contribution >= 0.6 is 11.3 Å². The summed E-state index contributed by atoms with van der Waals surface area (Å²) in [5.41, 5.74) is 0. The van der Waals surface area contributed by atoms with E-state index in [1.54, 1.807) is 12.7 Å². The molecule has 0 bridgehead atoms. The Hall–Kier alpha value is -1.99. The summed E-state index contributed by atoms with van der Waals surface area (Å²) in [5, 5.41) is 6.39. The van der Waals surface area contributed by atoms with E-state index in [1.807, 2.05) is 22.2 Å². The molecule has 0 saturated heterocycles. The van der Waals surface area contributed by atoms with Gasteiger partial charge in [-0.05, 0) is 11.4 Å². The molecule has 114 valence electrons. The summed E-state index contributed by atoms with van der Waals surface area (Å²) in [4.78, 5) is 12.5. The lowest BCUT2D eigenvalue weighted by atomic mass is 10.1. The molecule has 0 spiro atoms. The number of aromatic nitrogens is 5. The van der Waals surface area contributed by atoms with Gasteiger partial charge < -0.3 is 4.57 Å². The zero-order chi connectivity index (χ0) is 14.8. The molecule has 6 nitrogen and oxygen atoms in total. The average molecular weight is 314 g/mol. The summed E-state index contributed by atoms with van der Waals surface area (Å²) in [6.07, 6.45) is 7.38. The Morgan fingerprint density at radius 1 is 1.32 bits per heavy atom. The minimum atomic E-state index is 0.497. The van der Waals surface area contributed by atoms with Crippen molar-refractivity contribution < 1.29 is 0 Å². The van der Waals surface area contributed by atoms with E-state index in [1.165, 1.54) is 4.88 Å². The Morgan fingerprint density at radius 3 is 3.14 bits per heavy atom. The van der Waals surface area contributed by atoms with Crippen molar-refractivity contribution in [2.24, 2.45) is 5.92 Å². The first-order valence-corrected chi connectivity index (χ1v) is 8.32. The Kier molecular flexibility index (Phi) is 3.74. The molecule has 4 rings (SSSR count). The van der Waals surface area contributed by atoms with E-state index in [9.17, 15) is 0 Å². The number of hydrogen-bond donors (Lipinski definition) is 0. The molecule has 0 aromatic carbocycles. The van der Waals surface area contributed by atoms with Crippen LogP contribution in [0, 0.1) is 5.92 Å². The number of nitrogens with zero attached hydrogens (tertiary/aromatic N) is 6. The highest BCUT2D eigenvalue weighted by Crippen LogP contribution is 2.20. The normalized spacial score (nSPS) is 19.0. The molecule has 0 aliphatic carbocycles. The van der Waals surface area contributed by atoms with Gasteiger partial charge in [-0.25, -0.2) is 9.97 Å². The topological polar surface area (TPSA) is 51.8 Å². The van der Waals surface area contributed by atoms with Crippen molar-refractivity contribution in [3.8, 4) is 0 Å². The van der Waals surface area contributed by atoms with Gasteiger partial charge in [0.05, 0.1) is 6.54 Å². The largest absolute Gasteiger partial charge is 0.333 e. The predicted molar refractivity (Wildman–Crippen MR) is 84.2 cm³/mol. The summed E-state index contributed by atoms with van der Waals surface area (Å²) in [6.45, 7) is 4.80. The molecular weight excluding hydrogens is 296 g/mol. The van der Waals surface area contributed by atoms with Gasteiger partial charge >= 0.3 is 0 Å². The van der Waals surface area contributed by atoms with E-state index >= 15 is 0 Å². The minimum Gasteiger partial charge on any atom is -0.333 e. The molecule has 7 heteroatoms. The highest BCUT2D eigenvalue weighted by molar-refractivity contribution is 7.09. The molecular formula is C15H18N6S. The van der Waals surface area contributed by atoms with Crippen molar-refractivity contribution in [1.29, 1.82) is 0 Å². The molecule has 3 aromatic heterocycles. The molecule has 0 N–H and O–H groups in total. The number of imidazole rings is 1. The molecule has 1 aliphatic rings. The molecule has 0 saturated carbocycles. The van der Waals surface area contributed by atoms with Crippen LogP contribution in [0.15, 0.2) is 42.6 Å². The van der Waals surface area contributed by atoms with Crippen molar-refractivity contribution in [3.63, 3.8) is 0 Å². The van der Waals surface area contributed by atoms with Crippen LogP contribution in [0.2, 0.25) is 0 Å². The maximum atomic E-state index is 4.52. The lowest BCUT2D eigenvalue weighted by molar-refractivity contribution is 0.207. The van der Waals surface area contributed by atoms with E-state index in [-0.39, 0.29) is 0 Å². The number of thiophene rings is 1. The van der Waals surface area contributed by atoms with E-state index in [0.29, 0.717) is 5.92 Å². The van der Waals surface area contributed by atoms with Gasteiger partial charge in [-0.15, -0.1) is 11.3 Å². The van der Waals surface area contributed by atoms with Gasteiger partial charge in [0.2, 0.25) is 0 Å². The lowest BCUT2D eigenvalue weighted by Gasteiger charge is -2.23. The second kappa shape index (κ2) is 6.02. The van der Waals surface area contributed by atoms with Crippen molar-refractivity contribution in [2.75, 3.05) is 6.54 Å². The number of fused-ring (bicyclic) bond motifs is 1. The number of hydrogen-bond acceptors (Lipinski definition) is 5. The third kappa shape index (κ3) is 2.95. The molecule has 1 atom stereocenters. The second-order valence-electron chi connectivity index (χ2n) is 5.73. The lowest BCUT2D eigenvalue weighted by Crippen LogP contribution is -2.29. The SMILES string of the molecule is c1csc(CN2Cc3nccn3C[C@H](Cn3cncn3)C2)c1. The Morgan fingerprint density at radius 2 is 2.32 bits per heavy atom. The highest BCUT2D eigenvalue weighted by atomic mass is 32.1. The fourth-order valence-electron chi connectivity index (χ4n) is 3.07. The zero-order valence-corrected chi connectivity index (χ0v) is 13.1. The van der Waals surface area contributed by atoms with Crippen LogP contribution in [0.25, 0.3) is 0 Å².